The Kier molecular flexibility index (Phi) is 20.6. The van der Waals surface area contributed by atoms with Gasteiger partial charge >= 0.3 is 0 Å². The third-order valence-electron chi connectivity index (χ3n) is 27.1. The fourth-order valence-corrected chi connectivity index (χ4v) is 24.0. The van der Waals surface area contributed by atoms with Crippen molar-refractivity contribution < 1.29 is 0 Å². The normalized spacial score (nSPS) is 11.5. The second-order valence-electron chi connectivity index (χ2n) is 35.0. The van der Waals surface area contributed by atoms with Gasteiger partial charge in [-0.05, 0) is 270 Å². The highest BCUT2D eigenvalue weighted by Crippen LogP contribution is 2.49. The number of aromatic nitrogens is 3. The molecule has 21 aromatic carbocycles. The topological polar surface area (TPSA) is 66.7 Å². The molecular formula is C129H78N6S3. The summed E-state index contributed by atoms with van der Waals surface area (Å²) in [6.07, 6.45) is 0. The molecule has 0 aliphatic heterocycles. The van der Waals surface area contributed by atoms with Crippen LogP contribution in [0.2, 0.25) is 0 Å². The summed E-state index contributed by atoms with van der Waals surface area (Å²) in [4.78, 5) is 3.87. The molecule has 0 radical (unpaired) electrons. The summed E-state index contributed by atoms with van der Waals surface area (Å²) in [7, 11) is 0. The monoisotopic (exact) mass is 1810 g/mol. The predicted molar refractivity (Wildman–Crippen MR) is 586 cm³/mol. The van der Waals surface area contributed by atoms with Gasteiger partial charge in [-0.25, -0.2) is 4.85 Å². The molecule has 0 saturated heterocycles. The molecule has 0 bridgehead atoms. The Morgan fingerprint density at radius 1 is 0.181 bits per heavy atom. The van der Waals surface area contributed by atoms with Crippen molar-refractivity contribution >= 4 is 166 Å². The van der Waals surface area contributed by atoms with E-state index < -0.39 is 0 Å². The predicted octanol–water partition coefficient (Wildman–Crippen LogP) is 36.8. The molecule has 9 heteroatoms. The van der Waals surface area contributed by atoms with Crippen LogP contribution >= 0.6 is 34.0 Å². The Labute approximate surface area is 808 Å². The number of thiophene rings is 3. The molecule has 0 unspecified atom stereocenters. The van der Waals surface area contributed by atoms with Crippen LogP contribution in [0.5, 0.6) is 0 Å². The lowest BCUT2D eigenvalue weighted by Gasteiger charge is -2.17. The van der Waals surface area contributed by atoms with Crippen LogP contribution in [0, 0.1) is 29.2 Å². The molecule has 6 nitrogen and oxygen atoms in total. The molecule has 27 aromatic rings. The number of nitrogens with zero attached hydrogens (tertiary/aromatic N) is 6. The Balaban J connectivity index is 0.000000110. The molecular weight excluding hydrogens is 1730 g/mol. The Bertz CT molecular complexity index is 9590. The van der Waals surface area contributed by atoms with Crippen LogP contribution in [0.25, 0.3) is 248 Å². The summed E-state index contributed by atoms with van der Waals surface area (Å²) in [5.41, 5.74) is 32.6. The minimum atomic E-state index is 0.656. The van der Waals surface area contributed by atoms with Gasteiger partial charge in [0.2, 0.25) is 0 Å². The maximum atomic E-state index is 9.65. The van der Waals surface area contributed by atoms with E-state index in [1.165, 1.54) is 148 Å². The number of rotatable bonds is 12. The zero-order chi connectivity index (χ0) is 91.8. The van der Waals surface area contributed by atoms with E-state index in [1.54, 1.807) is 0 Å². The average molecular weight is 1810 g/mol. The quantitative estimate of drug-likeness (QED) is 0.114. The van der Waals surface area contributed by atoms with E-state index in [-0.39, 0.29) is 0 Å². The van der Waals surface area contributed by atoms with Gasteiger partial charge in [0.15, 0.2) is 5.69 Å². The van der Waals surface area contributed by atoms with E-state index in [1.807, 2.05) is 94.7 Å². The van der Waals surface area contributed by atoms with Crippen LogP contribution in [0.1, 0.15) is 11.1 Å². The number of para-hydroxylation sites is 7. The number of fused-ring (bicyclic) bond motifs is 18. The molecule has 0 atom stereocenters. The van der Waals surface area contributed by atoms with Crippen molar-refractivity contribution in [1.82, 2.24) is 13.7 Å². The van der Waals surface area contributed by atoms with Gasteiger partial charge in [-0.2, -0.15) is 10.5 Å². The smallest absolute Gasteiger partial charge is 0.194 e. The first kappa shape index (κ1) is 82.1. The first-order chi connectivity index (χ1) is 68.3. The zero-order valence-corrected chi connectivity index (χ0v) is 76.9. The maximum absolute atomic E-state index is 9.65. The molecule has 642 valence electrons. The van der Waals surface area contributed by atoms with Crippen molar-refractivity contribution in [1.29, 1.82) is 10.5 Å². The average Bonchev–Trinajstić information content (AvgIpc) is 1.59. The summed E-state index contributed by atoms with van der Waals surface area (Å²) in [6, 6.07) is 173. The summed E-state index contributed by atoms with van der Waals surface area (Å²) in [5.74, 6) is 0. The highest BCUT2D eigenvalue weighted by Gasteiger charge is 2.24. The van der Waals surface area contributed by atoms with Gasteiger partial charge in [0.05, 0.1) is 62.9 Å². The Morgan fingerprint density at radius 3 is 0.797 bits per heavy atom. The Morgan fingerprint density at radius 2 is 0.449 bits per heavy atom. The molecule has 27 rings (SSSR count). The van der Waals surface area contributed by atoms with Crippen LogP contribution in [-0.4, -0.2) is 13.7 Å². The van der Waals surface area contributed by atoms with Crippen LogP contribution in [-0.2, 0) is 0 Å². The number of hydrogen-bond donors (Lipinski definition) is 0. The zero-order valence-electron chi connectivity index (χ0n) is 74.4. The summed E-state index contributed by atoms with van der Waals surface area (Å²) in [5, 5.41) is 34.3. The number of benzene rings is 21. The second kappa shape index (κ2) is 34.6. The van der Waals surface area contributed by atoms with Gasteiger partial charge in [-0.1, -0.05) is 303 Å². The summed E-state index contributed by atoms with van der Waals surface area (Å²) < 4.78 is 15.0. The van der Waals surface area contributed by atoms with E-state index in [2.05, 4.69) is 443 Å². The highest BCUT2D eigenvalue weighted by atomic mass is 32.1. The van der Waals surface area contributed by atoms with Crippen LogP contribution in [0.15, 0.2) is 473 Å². The third-order valence-corrected chi connectivity index (χ3v) is 30.5. The number of nitriles is 2. The van der Waals surface area contributed by atoms with Crippen molar-refractivity contribution in [2.45, 2.75) is 0 Å². The molecule has 6 heterocycles. The first-order valence-electron chi connectivity index (χ1n) is 46.2. The van der Waals surface area contributed by atoms with Crippen molar-refractivity contribution in [2.75, 3.05) is 0 Å². The van der Waals surface area contributed by atoms with E-state index >= 15 is 0 Å². The van der Waals surface area contributed by atoms with Gasteiger partial charge in [0.25, 0.3) is 0 Å². The lowest BCUT2D eigenvalue weighted by molar-refractivity contribution is 1.18. The first-order valence-corrected chi connectivity index (χ1v) is 48.6. The SMILES string of the molecule is N#Cc1ccc(-c2ccccc2-c2cc(-c3ccc4sc5ccccc5c4c3)cc(-n3c4ccccc4c4ccccc43)c2)cc1.N#Cc1cccc(-c2ccccc2-c2cc(-c3ccc4sc5ccccc5c4c3)cc(-n3c4ccccc4c4ccccc43)c2)c1.[C-]#[N+]c1ccccc1-c1ccccc1-c1cc(-c2ccc3sc4ccccc4c3c2)cc(-n2c3ccccc3c3ccccc32)c1. The molecule has 6 aromatic heterocycles. The minimum absolute atomic E-state index is 0.656. The Hall–Kier alpha value is -17.9. The van der Waals surface area contributed by atoms with Crippen molar-refractivity contribution in [3.05, 3.63) is 496 Å². The van der Waals surface area contributed by atoms with E-state index in [0.29, 0.717) is 16.8 Å². The molecule has 0 spiro atoms. The molecule has 0 fully saturated rings. The molecule has 0 aliphatic rings. The molecule has 0 saturated carbocycles. The molecule has 0 amide bonds. The third kappa shape index (κ3) is 14.5. The second-order valence-corrected chi connectivity index (χ2v) is 38.2. The summed E-state index contributed by atoms with van der Waals surface area (Å²) >= 11 is 5.54. The van der Waals surface area contributed by atoms with Gasteiger partial charge in [-0.3, -0.25) is 0 Å². The van der Waals surface area contributed by atoms with Crippen molar-refractivity contribution in [2.24, 2.45) is 0 Å². The van der Waals surface area contributed by atoms with Crippen molar-refractivity contribution in [3.8, 4) is 129 Å². The van der Waals surface area contributed by atoms with E-state index in [9.17, 15) is 10.5 Å². The van der Waals surface area contributed by atoms with Gasteiger partial charge in [-0.15, -0.1) is 34.0 Å². The van der Waals surface area contributed by atoms with Crippen LogP contribution < -0.4 is 0 Å². The van der Waals surface area contributed by atoms with Crippen LogP contribution in [0.4, 0.5) is 5.69 Å². The maximum Gasteiger partial charge on any atom is 0.194 e. The highest BCUT2D eigenvalue weighted by molar-refractivity contribution is 7.26. The summed E-state index contributed by atoms with van der Waals surface area (Å²) in [6.45, 7) is 7.87. The lowest BCUT2D eigenvalue weighted by atomic mass is 9.91. The van der Waals surface area contributed by atoms with Gasteiger partial charge in [0.1, 0.15) is 0 Å². The van der Waals surface area contributed by atoms with Crippen LogP contribution in [0.3, 0.4) is 0 Å². The van der Waals surface area contributed by atoms with Crippen molar-refractivity contribution in [3.63, 3.8) is 0 Å². The van der Waals surface area contributed by atoms with Gasteiger partial charge in [0, 0.05) is 110 Å². The van der Waals surface area contributed by atoms with Gasteiger partial charge < -0.3 is 13.7 Å². The lowest BCUT2D eigenvalue weighted by Crippen LogP contribution is -1.96. The van der Waals surface area contributed by atoms with E-state index in [4.69, 9.17) is 6.57 Å². The fourth-order valence-electron chi connectivity index (χ4n) is 20.7. The minimum Gasteiger partial charge on any atom is -0.309 e. The largest absolute Gasteiger partial charge is 0.309 e. The molecule has 138 heavy (non-hydrogen) atoms. The molecule has 0 N–H and O–H groups in total. The fraction of sp³-hybridized carbons (Fsp3) is 0. The standard InChI is InChI=1S/3C43H26N2S/c1-44-39-18-8-4-14-34(39)33-13-3-2-12-32(33)30-24-29(28-22-23-43-38(27-28)37-17-7-11-21-42(37)46-43)25-31(26-30)45-40-19-9-5-15-35(40)36-16-6-10-20-41(36)45;44-27-28-10-9-11-30(22-28)34-12-1-2-13-35(34)32-23-31(29-20-21-43-39(26-29)38-16-5-8-19-42(38)46-43)24-33(25-32)45-40-17-6-3-14-36(40)37-15-4-7-18-41(37)45;44-27-28-17-19-29(20-18-28)34-9-1-2-10-35(34)32-23-31(30-21-22-43-39(26-30)38-13-5-8-16-42(38)46-43)24-33(25-32)45-40-14-6-3-11-36(40)37-12-4-7-15-41(37)45/h2-27H;2*1-26H. The number of hydrogen-bond acceptors (Lipinski definition) is 5. The van der Waals surface area contributed by atoms with E-state index in [0.717, 1.165) is 95.0 Å². The molecule has 0 aliphatic carbocycles.